The van der Waals surface area contributed by atoms with E-state index in [4.69, 9.17) is 0 Å². The number of alkyl halides is 3. The average Bonchev–Trinajstić information content (AvgIpc) is 2.91. The van der Waals surface area contributed by atoms with Crippen molar-refractivity contribution in [2.45, 2.75) is 12.6 Å². The molecule has 0 saturated carbocycles. The molecule has 2 aromatic heterocycles. The SMILES string of the molecule is FC(F)(F)c1nc(Br)n(-c2cc(Cc3ccccc3)cnn2)n1. The molecule has 0 aliphatic heterocycles. The molecule has 0 unspecified atom stereocenters. The zero-order valence-electron chi connectivity index (χ0n) is 11.5. The summed E-state index contributed by atoms with van der Waals surface area (Å²) in [5, 5.41) is 11.1. The Balaban J connectivity index is 1.93. The summed E-state index contributed by atoms with van der Waals surface area (Å²) >= 11 is 2.96. The van der Waals surface area contributed by atoms with E-state index in [2.05, 4.69) is 36.2 Å². The van der Waals surface area contributed by atoms with E-state index >= 15 is 0 Å². The maximum absolute atomic E-state index is 12.7. The van der Waals surface area contributed by atoms with Crippen molar-refractivity contribution in [3.63, 3.8) is 0 Å². The highest BCUT2D eigenvalue weighted by molar-refractivity contribution is 9.10. The molecule has 3 aromatic rings. The normalized spacial score (nSPS) is 11.7. The Kier molecular flexibility index (Phi) is 4.12. The lowest BCUT2D eigenvalue weighted by molar-refractivity contribution is -0.144. The third-order valence-corrected chi connectivity index (χ3v) is 3.50. The second kappa shape index (κ2) is 6.07. The van der Waals surface area contributed by atoms with Gasteiger partial charge in [-0.2, -0.15) is 27.9 Å². The van der Waals surface area contributed by atoms with Crippen molar-refractivity contribution >= 4 is 15.9 Å². The molecule has 1 aromatic carbocycles. The first-order valence-electron chi connectivity index (χ1n) is 6.49. The molecular formula is C14H9BrF3N5. The van der Waals surface area contributed by atoms with Gasteiger partial charge in [-0.25, -0.2) is 0 Å². The van der Waals surface area contributed by atoms with Gasteiger partial charge in [0.1, 0.15) is 0 Å². The Morgan fingerprint density at radius 2 is 1.83 bits per heavy atom. The third kappa shape index (κ3) is 3.55. The smallest absolute Gasteiger partial charge is 0.196 e. The molecule has 0 atom stereocenters. The van der Waals surface area contributed by atoms with E-state index < -0.39 is 12.0 Å². The van der Waals surface area contributed by atoms with Gasteiger partial charge in [-0.3, -0.25) is 0 Å². The van der Waals surface area contributed by atoms with E-state index in [1.807, 2.05) is 30.3 Å². The zero-order valence-corrected chi connectivity index (χ0v) is 13.1. The molecule has 0 fully saturated rings. The van der Waals surface area contributed by atoms with Crippen LogP contribution >= 0.6 is 15.9 Å². The molecule has 0 aliphatic carbocycles. The summed E-state index contributed by atoms with van der Waals surface area (Å²) in [6, 6.07) is 11.3. The van der Waals surface area contributed by atoms with Crippen molar-refractivity contribution in [1.82, 2.24) is 25.0 Å². The first-order chi connectivity index (χ1) is 10.9. The summed E-state index contributed by atoms with van der Waals surface area (Å²) < 4.78 is 38.9. The van der Waals surface area contributed by atoms with Gasteiger partial charge in [-0.05, 0) is 39.5 Å². The van der Waals surface area contributed by atoms with E-state index in [0.29, 0.717) is 6.42 Å². The van der Waals surface area contributed by atoms with Crippen LogP contribution in [0.15, 0.2) is 47.3 Å². The van der Waals surface area contributed by atoms with Crippen LogP contribution < -0.4 is 0 Å². The van der Waals surface area contributed by atoms with Crippen LogP contribution in [0.4, 0.5) is 13.2 Å². The third-order valence-electron chi connectivity index (χ3n) is 2.99. The summed E-state index contributed by atoms with van der Waals surface area (Å²) in [4.78, 5) is 3.35. The number of aromatic nitrogens is 5. The Bertz CT molecular complexity index is 817. The fourth-order valence-electron chi connectivity index (χ4n) is 1.98. The fraction of sp³-hybridized carbons (Fsp3) is 0.143. The Morgan fingerprint density at radius 1 is 1.09 bits per heavy atom. The molecule has 0 bridgehead atoms. The van der Waals surface area contributed by atoms with Crippen molar-refractivity contribution in [2.75, 3.05) is 0 Å². The van der Waals surface area contributed by atoms with Gasteiger partial charge in [0, 0.05) is 0 Å². The number of nitrogens with zero attached hydrogens (tertiary/aromatic N) is 5. The van der Waals surface area contributed by atoms with Gasteiger partial charge in [-0.15, -0.1) is 10.2 Å². The van der Waals surface area contributed by atoms with Crippen LogP contribution in [0, 0.1) is 0 Å². The minimum atomic E-state index is -4.62. The Morgan fingerprint density at radius 3 is 2.48 bits per heavy atom. The number of benzene rings is 1. The maximum Gasteiger partial charge on any atom is 0.453 e. The summed E-state index contributed by atoms with van der Waals surface area (Å²) in [7, 11) is 0. The van der Waals surface area contributed by atoms with Crippen molar-refractivity contribution in [2.24, 2.45) is 0 Å². The lowest BCUT2D eigenvalue weighted by Gasteiger charge is -2.04. The van der Waals surface area contributed by atoms with E-state index in [1.165, 1.54) is 0 Å². The van der Waals surface area contributed by atoms with E-state index in [-0.39, 0.29) is 10.6 Å². The highest BCUT2D eigenvalue weighted by Crippen LogP contribution is 2.28. The first-order valence-corrected chi connectivity index (χ1v) is 7.28. The molecule has 118 valence electrons. The first kappa shape index (κ1) is 15.6. The minimum Gasteiger partial charge on any atom is -0.196 e. The second-order valence-electron chi connectivity index (χ2n) is 4.70. The standard InChI is InChI=1S/C14H9BrF3N5/c15-13-20-12(14(16,17)18)22-23(13)11-7-10(8-19-21-11)6-9-4-2-1-3-5-9/h1-5,7-8H,6H2. The van der Waals surface area contributed by atoms with E-state index in [9.17, 15) is 13.2 Å². The lowest BCUT2D eigenvalue weighted by Crippen LogP contribution is -2.09. The van der Waals surface area contributed by atoms with Crippen LogP contribution in [0.2, 0.25) is 0 Å². The molecule has 3 rings (SSSR count). The number of halogens is 4. The topological polar surface area (TPSA) is 56.5 Å². The highest BCUT2D eigenvalue weighted by atomic mass is 79.9. The molecule has 2 heterocycles. The number of hydrogen-bond acceptors (Lipinski definition) is 4. The molecule has 0 amide bonds. The van der Waals surface area contributed by atoms with Gasteiger partial charge >= 0.3 is 6.18 Å². The molecular weight excluding hydrogens is 375 g/mol. The van der Waals surface area contributed by atoms with Gasteiger partial charge in [0.05, 0.1) is 6.20 Å². The molecule has 0 N–H and O–H groups in total. The van der Waals surface area contributed by atoms with Crippen LogP contribution in [-0.4, -0.2) is 25.0 Å². The highest BCUT2D eigenvalue weighted by Gasteiger charge is 2.37. The van der Waals surface area contributed by atoms with Crippen molar-refractivity contribution in [3.8, 4) is 5.82 Å². The largest absolute Gasteiger partial charge is 0.453 e. The van der Waals surface area contributed by atoms with Crippen LogP contribution in [0.1, 0.15) is 17.0 Å². The predicted octanol–water partition coefficient (Wildman–Crippen LogP) is 3.43. The van der Waals surface area contributed by atoms with Crippen LogP contribution in [0.5, 0.6) is 0 Å². The molecule has 0 spiro atoms. The predicted molar refractivity (Wildman–Crippen MR) is 78.9 cm³/mol. The van der Waals surface area contributed by atoms with Crippen LogP contribution in [0.25, 0.3) is 5.82 Å². The van der Waals surface area contributed by atoms with Gasteiger partial charge in [0.25, 0.3) is 5.82 Å². The number of hydrogen-bond donors (Lipinski definition) is 0. The summed E-state index contributed by atoms with van der Waals surface area (Å²) in [5.74, 6) is -1.08. The minimum absolute atomic E-state index is 0.0870. The zero-order chi connectivity index (χ0) is 16.4. The molecule has 0 radical (unpaired) electrons. The van der Waals surface area contributed by atoms with Crippen LogP contribution in [0.3, 0.4) is 0 Å². The van der Waals surface area contributed by atoms with E-state index in [1.54, 1.807) is 12.3 Å². The average molecular weight is 384 g/mol. The van der Waals surface area contributed by atoms with Gasteiger partial charge in [0.15, 0.2) is 5.82 Å². The van der Waals surface area contributed by atoms with Gasteiger partial charge < -0.3 is 0 Å². The van der Waals surface area contributed by atoms with Crippen molar-refractivity contribution in [1.29, 1.82) is 0 Å². The number of rotatable bonds is 3. The maximum atomic E-state index is 12.7. The molecule has 0 saturated heterocycles. The molecule has 0 aliphatic rings. The van der Waals surface area contributed by atoms with Crippen LogP contribution in [-0.2, 0) is 12.6 Å². The lowest BCUT2D eigenvalue weighted by atomic mass is 10.1. The fourth-order valence-corrected chi connectivity index (χ4v) is 2.41. The monoisotopic (exact) mass is 383 g/mol. The Labute approximate surface area is 137 Å². The Hall–Kier alpha value is -2.29. The van der Waals surface area contributed by atoms with E-state index in [0.717, 1.165) is 15.8 Å². The van der Waals surface area contributed by atoms with Crippen molar-refractivity contribution in [3.05, 3.63) is 64.3 Å². The van der Waals surface area contributed by atoms with Crippen molar-refractivity contribution < 1.29 is 13.2 Å². The quantitative estimate of drug-likeness (QED) is 0.695. The second-order valence-corrected chi connectivity index (χ2v) is 5.41. The van der Waals surface area contributed by atoms with Gasteiger partial charge in [-0.1, -0.05) is 30.3 Å². The van der Waals surface area contributed by atoms with Gasteiger partial charge in [0.2, 0.25) is 4.73 Å². The summed E-state index contributed by atoms with van der Waals surface area (Å²) in [6.45, 7) is 0. The molecule has 23 heavy (non-hydrogen) atoms. The molecule has 9 heteroatoms. The summed E-state index contributed by atoms with van der Waals surface area (Å²) in [6.07, 6.45) is -2.48. The molecule has 5 nitrogen and oxygen atoms in total. The summed E-state index contributed by atoms with van der Waals surface area (Å²) in [5.41, 5.74) is 1.86.